The number of carbonyl (C=O) groups is 1. The Bertz CT molecular complexity index is 235. The van der Waals surface area contributed by atoms with Crippen LogP contribution in [-0.2, 0) is 4.79 Å². The smallest absolute Gasteiger partial charge is 0.220 e. The number of hydrogen-bond donors (Lipinski definition) is 2. The third-order valence-electron chi connectivity index (χ3n) is 2.87. The number of rotatable bonds is 5. The molecular weight excluding hydrogens is 250 g/mol. The monoisotopic (exact) mass is 277 g/mol. The average Bonchev–Trinajstić information content (AvgIpc) is 2.23. The van der Waals surface area contributed by atoms with Crippen LogP contribution in [0.5, 0.6) is 0 Å². The Kier molecular flexibility index (Phi) is 8.57. The molecule has 1 aliphatic rings. The highest BCUT2D eigenvalue weighted by Crippen LogP contribution is 2.17. The van der Waals surface area contributed by atoms with Gasteiger partial charge < -0.3 is 15.5 Å². The second kappa shape index (κ2) is 8.73. The van der Waals surface area contributed by atoms with Gasteiger partial charge in [0.1, 0.15) is 0 Å². The number of carbonyl (C=O) groups excluding carboxylic acids is 1. The van der Waals surface area contributed by atoms with Gasteiger partial charge in [0.2, 0.25) is 5.91 Å². The zero-order valence-corrected chi connectivity index (χ0v) is 12.7. The average molecular weight is 278 g/mol. The Labute approximate surface area is 117 Å². The van der Waals surface area contributed by atoms with Gasteiger partial charge in [-0.3, -0.25) is 4.79 Å². The van der Waals surface area contributed by atoms with Crippen molar-refractivity contribution in [1.82, 2.24) is 15.5 Å². The molecule has 1 saturated heterocycles. The standard InChI is InChI=1S/C13H27N3O.ClH/c1-13(2,3)11-12(17)15-5-4-8-16-9-6-14-7-10-16;/h14H,4-11H2,1-3H3,(H,15,17);1H. The van der Waals surface area contributed by atoms with E-state index in [9.17, 15) is 4.79 Å². The van der Waals surface area contributed by atoms with Crippen LogP contribution in [0.25, 0.3) is 0 Å². The lowest BCUT2D eigenvalue weighted by molar-refractivity contribution is -0.122. The fourth-order valence-electron chi connectivity index (χ4n) is 2.01. The maximum Gasteiger partial charge on any atom is 0.220 e. The molecule has 0 aromatic carbocycles. The van der Waals surface area contributed by atoms with Crippen LogP contribution in [0.3, 0.4) is 0 Å². The third-order valence-corrected chi connectivity index (χ3v) is 2.87. The normalized spacial score (nSPS) is 17.1. The van der Waals surface area contributed by atoms with Crippen LogP contribution in [0, 0.1) is 5.41 Å². The third kappa shape index (κ3) is 8.72. The fraction of sp³-hybridized carbons (Fsp3) is 0.923. The summed E-state index contributed by atoms with van der Waals surface area (Å²) in [4.78, 5) is 14.0. The van der Waals surface area contributed by atoms with Gasteiger partial charge in [-0.15, -0.1) is 12.4 Å². The second-order valence-corrected chi connectivity index (χ2v) is 6.03. The number of amides is 1. The Morgan fingerprint density at radius 2 is 1.89 bits per heavy atom. The zero-order chi connectivity index (χ0) is 12.7. The van der Waals surface area contributed by atoms with Crippen LogP contribution in [-0.4, -0.2) is 50.1 Å². The van der Waals surface area contributed by atoms with Crippen molar-refractivity contribution < 1.29 is 4.79 Å². The minimum atomic E-state index is 0. The van der Waals surface area contributed by atoms with Gasteiger partial charge in [-0.2, -0.15) is 0 Å². The first-order valence-electron chi connectivity index (χ1n) is 6.67. The predicted molar refractivity (Wildman–Crippen MR) is 78.3 cm³/mol. The molecule has 1 aliphatic heterocycles. The molecule has 0 atom stereocenters. The van der Waals surface area contributed by atoms with E-state index in [1.165, 1.54) is 0 Å². The molecule has 1 heterocycles. The first-order chi connectivity index (χ1) is 7.97. The summed E-state index contributed by atoms with van der Waals surface area (Å²) >= 11 is 0. The molecule has 1 rings (SSSR count). The summed E-state index contributed by atoms with van der Waals surface area (Å²) in [6.45, 7) is 12.6. The molecule has 2 N–H and O–H groups in total. The van der Waals surface area contributed by atoms with Crippen molar-refractivity contribution in [1.29, 1.82) is 0 Å². The first-order valence-corrected chi connectivity index (χ1v) is 6.67. The molecule has 108 valence electrons. The van der Waals surface area contributed by atoms with E-state index in [0.717, 1.165) is 45.7 Å². The summed E-state index contributed by atoms with van der Waals surface area (Å²) in [7, 11) is 0. The minimum Gasteiger partial charge on any atom is -0.356 e. The Hall–Kier alpha value is -0.320. The van der Waals surface area contributed by atoms with Crippen molar-refractivity contribution in [2.75, 3.05) is 39.3 Å². The molecule has 1 fully saturated rings. The molecule has 0 aromatic rings. The maximum absolute atomic E-state index is 11.6. The molecule has 0 saturated carbocycles. The summed E-state index contributed by atoms with van der Waals surface area (Å²) in [6, 6.07) is 0. The van der Waals surface area contributed by atoms with Crippen LogP contribution >= 0.6 is 12.4 Å². The SMILES string of the molecule is CC(C)(C)CC(=O)NCCCN1CCNCC1.Cl. The van der Waals surface area contributed by atoms with Crippen molar-refractivity contribution >= 4 is 18.3 Å². The van der Waals surface area contributed by atoms with Gasteiger partial charge in [0, 0.05) is 39.1 Å². The Morgan fingerprint density at radius 1 is 1.28 bits per heavy atom. The number of piperazine rings is 1. The highest BCUT2D eigenvalue weighted by molar-refractivity contribution is 5.85. The Balaban J connectivity index is 0.00000289. The molecule has 0 aromatic heterocycles. The number of nitrogens with zero attached hydrogens (tertiary/aromatic N) is 1. The van der Waals surface area contributed by atoms with Crippen LogP contribution in [0.4, 0.5) is 0 Å². The second-order valence-electron chi connectivity index (χ2n) is 6.03. The van der Waals surface area contributed by atoms with Gasteiger partial charge in [0.05, 0.1) is 0 Å². The van der Waals surface area contributed by atoms with E-state index in [1.54, 1.807) is 0 Å². The summed E-state index contributed by atoms with van der Waals surface area (Å²) < 4.78 is 0. The van der Waals surface area contributed by atoms with Crippen LogP contribution < -0.4 is 10.6 Å². The van der Waals surface area contributed by atoms with Crippen molar-refractivity contribution in [2.45, 2.75) is 33.6 Å². The Morgan fingerprint density at radius 3 is 2.44 bits per heavy atom. The summed E-state index contributed by atoms with van der Waals surface area (Å²) in [6.07, 6.45) is 1.66. The molecule has 4 nitrogen and oxygen atoms in total. The maximum atomic E-state index is 11.6. The van der Waals surface area contributed by atoms with Gasteiger partial charge in [-0.1, -0.05) is 20.8 Å². The molecule has 5 heteroatoms. The summed E-state index contributed by atoms with van der Waals surface area (Å²) in [5, 5.41) is 6.34. The van der Waals surface area contributed by atoms with Gasteiger partial charge in [0.25, 0.3) is 0 Å². The number of nitrogens with one attached hydrogen (secondary N) is 2. The topological polar surface area (TPSA) is 44.4 Å². The van der Waals surface area contributed by atoms with Gasteiger partial charge in [-0.25, -0.2) is 0 Å². The lowest BCUT2D eigenvalue weighted by Crippen LogP contribution is -2.44. The van der Waals surface area contributed by atoms with E-state index in [0.29, 0.717) is 6.42 Å². The van der Waals surface area contributed by atoms with Crippen molar-refractivity contribution in [2.24, 2.45) is 5.41 Å². The van der Waals surface area contributed by atoms with E-state index in [-0.39, 0.29) is 23.7 Å². The first kappa shape index (κ1) is 17.7. The quantitative estimate of drug-likeness (QED) is 0.744. The van der Waals surface area contributed by atoms with E-state index in [4.69, 9.17) is 0 Å². The lowest BCUT2D eigenvalue weighted by atomic mass is 9.92. The van der Waals surface area contributed by atoms with E-state index >= 15 is 0 Å². The predicted octanol–water partition coefficient (Wildman–Crippen LogP) is 1.26. The highest BCUT2D eigenvalue weighted by atomic mass is 35.5. The van der Waals surface area contributed by atoms with Gasteiger partial charge in [0.15, 0.2) is 0 Å². The van der Waals surface area contributed by atoms with Crippen LogP contribution in [0.15, 0.2) is 0 Å². The molecule has 18 heavy (non-hydrogen) atoms. The molecule has 0 radical (unpaired) electrons. The molecular formula is C13H28ClN3O. The zero-order valence-electron chi connectivity index (χ0n) is 11.9. The number of hydrogen-bond acceptors (Lipinski definition) is 3. The minimum absolute atomic E-state index is 0. The van der Waals surface area contributed by atoms with E-state index in [1.807, 2.05) is 0 Å². The highest BCUT2D eigenvalue weighted by Gasteiger charge is 2.15. The molecule has 0 bridgehead atoms. The van der Waals surface area contributed by atoms with Gasteiger partial charge >= 0.3 is 0 Å². The van der Waals surface area contributed by atoms with Crippen LogP contribution in [0.2, 0.25) is 0 Å². The van der Waals surface area contributed by atoms with Gasteiger partial charge in [-0.05, 0) is 18.4 Å². The molecule has 0 unspecified atom stereocenters. The van der Waals surface area contributed by atoms with Crippen molar-refractivity contribution in [3.05, 3.63) is 0 Å². The largest absolute Gasteiger partial charge is 0.356 e. The lowest BCUT2D eigenvalue weighted by Gasteiger charge is -2.27. The molecule has 0 spiro atoms. The fourth-order valence-corrected chi connectivity index (χ4v) is 2.01. The molecule has 0 aliphatic carbocycles. The summed E-state index contributed by atoms with van der Waals surface area (Å²) in [5.74, 6) is 0.179. The van der Waals surface area contributed by atoms with Crippen LogP contribution in [0.1, 0.15) is 33.6 Å². The van der Waals surface area contributed by atoms with E-state index in [2.05, 4.69) is 36.3 Å². The van der Waals surface area contributed by atoms with Crippen molar-refractivity contribution in [3.63, 3.8) is 0 Å². The number of halogens is 1. The summed E-state index contributed by atoms with van der Waals surface area (Å²) in [5.41, 5.74) is 0.0859. The van der Waals surface area contributed by atoms with Crippen molar-refractivity contribution in [3.8, 4) is 0 Å². The molecule has 1 amide bonds. The van der Waals surface area contributed by atoms with E-state index < -0.39 is 0 Å².